The van der Waals surface area contributed by atoms with Crippen LogP contribution in [-0.4, -0.2) is 48.2 Å². The maximum atomic E-state index is 12.0. The lowest BCUT2D eigenvalue weighted by Gasteiger charge is -2.22. The molecule has 0 bridgehead atoms. The van der Waals surface area contributed by atoms with Gasteiger partial charge in [0.05, 0.1) is 13.2 Å². The summed E-state index contributed by atoms with van der Waals surface area (Å²) in [6.07, 6.45) is -2.58. The van der Waals surface area contributed by atoms with Crippen LogP contribution in [0.25, 0.3) is 0 Å². The molecule has 0 unspecified atom stereocenters. The van der Waals surface area contributed by atoms with E-state index in [2.05, 4.69) is 5.32 Å². The summed E-state index contributed by atoms with van der Waals surface area (Å²) in [5.74, 6) is 0. The van der Waals surface area contributed by atoms with Crippen molar-refractivity contribution in [1.29, 1.82) is 0 Å². The second-order valence-corrected chi connectivity index (χ2v) is 3.16. The molecule has 0 spiro atoms. The van der Waals surface area contributed by atoms with E-state index in [1.807, 2.05) is 0 Å². The van der Waals surface area contributed by atoms with Crippen molar-refractivity contribution >= 4 is 6.03 Å². The molecule has 0 rings (SSSR count). The van der Waals surface area contributed by atoms with Crippen LogP contribution in [0.3, 0.4) is 0 Å². The number of nitrogens with one attached hydrogen (secondary N) is 1. The average Bonchev–Trinajstić information content (AvgIpc) is 2.01. The van der Waals surface area contributed by atoms with Gasteiger partial charge in [-0.2, -0.15) is 0 Å². The third-order valence-electron chi connectivity index (χ3n) is 1.43. The zero-order valence-electron chi connectivity index (χ0n) is 8.33. The monoisotopic (exact) mass is 210 g/mol. The molecule has 0 aromatic carbocycles. The summed E-state index contributed by atoms with van der Waals surface area (Å²) < 4.78 is 24.0. The Morgan fingerprint density at radius 2 is 2.07 bits per heavy atom. The average molecular weight is 210 g/mol. The third-order valence-corrected chi connectivity index (χ3v) is 1.43. The summed E-state index contributed by atoms with van der Waals surface area (Å²) >= 11 is 0. The molecule has 0 radical (unpaired) electrons. The van der Waals surface area contributed by atoms with Gasteiger partial charge in [-0.25, -0.2) is 13.6 Å². The predicted octanol–water partition coefficient (Wildman–Crippen LogP) is 0.664. The van der Waals surface area contributed by atoms with E-state index in [1.54, 1.807) is 13.8 Å². The van der Waals surface area contributed by atoms with Crippen LogP contribution >= 0.6 is 0 Å². The van der Waals surface area contributed by atoms with Crippen LogP contribution in [0.4, 0.5) is 13.6 Å². The van der Waals surface area contributed by atoms with Crippen molar-refractivity contribution in [3.8, 4) is 0 Å². The van der Waals surface area contributed by atoms with Crippen LogP contribution in [-0.2, 0) is 0 Å². The van der Waals surface area contributed by atoms with E-state index in [1.165, 1.54) is 0 Å². The van der Waals surface area contributed by atoms with Crippen LogP contribution in [0, 0.1) is 0 Å². The molecule has 0 fully saturated rings. The third kappa shape index (κ3) is 5.69. The first kappa shape index (κ1) is 13.1. The molecule has 6 heteroatoms. The Balaban J connectivity index is 4.10. The summed E-state index contributed by atoms with van der Waals surface area (Å²) in [6.45, 7) is 2.41. The number of nitrogens with zero attached hydrogens (tertiary/aromatic N) is 1. The normalized spacial score (nSPS) is 10.8. The number of hydrogen-bond acceptors (Lipinski definition) is 2. The van der Waals surface area contributed by atoms with Gasteiger partial charge in [0.15, 0.2) is 0 Å². The fourth-order valence-electron chi connectivity index (χ4n) is 0.901. The highest BCUT2D eigenvalue weighted by molar-refractivity contribution is 5.74. The van der Waals surface area contributed by atoms with Gasteiger partial charge in [0, 0.05) is 12.6 Å². The number of aliphatic hydroxyl groups excluding tert-OH is 1. The molecular weight excluding hydrogens is 194 g/mol. The van der Waals surface area contributed by atoms with Gasteiger partial charge in [-0.05, 0) is 13.8 Å². The van der Waals surface area contributed by atoms with Crippen molar-refractivity contribution in [2.75, 3.05) is 19.7 Å². The molecule has 0 aliphatic carbocycles. The number of hydrogen-bond donors (Lipinski definition) is 2. The van der Waals surface area contributed by atoms with Crippen LogP contribution in [0.5, 0.6) is 0 Å². The predicted molar refractivity (Wildman–Crippen MR) is 48.3 cm³/mol. The van der Waals surface area contributed by atoms with Crippen molar-refractivity contribution in [1.82, 2.24) is 10.2 Å². The highest BCUT2D eigenvalue weighted by atomic mass is 19.3. The largest absolute Gasteiger partial charge is 0.395 e. The fourth-order valence-corrected chi connectivity index (χ4v) is 0.901. The molecule has 84 valence electrons. The molecule has 4 nitrogen and oxygen atoms in total. The first-order valence-electron chi connectivity index (χ1n) is 4.41. The minimum atomic E-state index is -2.58. The van der Waals surface area contributed by atoms with Gasteiger partial charge in [0.1, 0.15) is 0 Å². The topological polar surface area (TPSA) is 52.6 Å². The second-order valence-electron chi connectivity index (χ2n) is 3.16. The number of aliphatic hydroxyl groups is 1. The lowest BCUT2D eigenvalue weighted by molar-refractivity contribution is 0.0897. The van der Waals surface area contributed by atoms with Gasteiger partial charge in [-0.1, -0.05) is 0 Å². The van der Waals surface area contributed by atoms with Crippen LogP contribution < -0.4 is 5.32 Å². The zero-order valence-corrected chi connectivity index (χ0v) is 8.33. The molecule has 0 heterocycles. The Kier molecular flexibility index (Phi) is 6.11. The Morgan fingerprint density at radius 1 is 1.50 bits per heavy atom. The van der Waals surface area contributed by atoms with E-state index in [0.29, 0.717) is 0 Å². The number of halogens is 2. The van der Waals surface area contributed by atoms with Gasteiger partial charge in [-0.3, -0.25) is 0 Å². The summed E-state index contributed by atoms with van der Waals surface area (Å²) in [7, 11) is 0. The van der Waals surface area contributed by atoms with E-state index in [9.17, 15) is 13.6 Å². The zero-order chi connectivity index (χ0) is 11.1. The number of carbonyl (C=O) groups excluding carboxylic acids is 1. The van der Waals surface area contributed by atoms with Crippen molar-refractivity contribution in [2.24, 2.45) is 0 Å². The summed E-state index contributed by atoms with van der Waals surface area (Å²) in [4.78, 5) is 12.1. The van der Waals surface area contributed by atoms with Gasteiger partial charge >= 0.3 is 6.03 Å². The first-order chi connectivity index (χ1) is 6.47. The Labute approximate surface area is 81.9 Å². The molecule has 0 saturated heterocycles. The number of urea groups is 1. The number of amides is 2. The quantitative estimate of drug-likeness (QED) is 0.700. The number of alkyl halides is 2. The Bertz CT molecular complexity index is 177. The molecular formula is C8H16F2N2O2. The molecule has 2 N–H and O–H groups in total. The molecule has 0 aromatic heterocycles. The van der Waals surface area contributed by atoms with Crippen molar-refractivity contribution in [3.05, 3.63) is 0 Å². The maximum absolute atomic E-state index is 12.0. The van der Waals surface area contributed by atoms with Crippen molar-refractivity contribution in [3.63, 3.8) is 0 Å². The molecule has 0 aliphatic heterocycles. The second kappa shape index (κ2) is 6.53. The highest BCUT2D eigenvalue weighted by Crippen LogP contribution is 1.99. The first-order valence-corrected chi connectivity index (χ1v) is 4.41. The molecule has 0 saturated carbocycles. The van der Waals surface area contributed by atoms with Crippen LogP contribution in [0.1, 0.15) is 13.8 Å². The Hall–Kier alpha value is -0.910. The van der Waals surface area contributed by atoms with Gasteiger partial charge in [-0.15, -0.1) is 0 Å². The smallest absolute Gasteiger partial charge is 0.317 e. The molecule has 14 heavy (non-hydrogen) atoms. The van der Waals surface area contributed by atoms with E-state index in [-0.39, 0.29) is 19.2 Å². The highest BCUT2D eigenvalue weighted by Gasteiger charge is 2.17. The Morgan fingerprint density at radius 3 is 2.43 bits per heavy atom. The van der Waals surface area contributed by atoms with Gasteiger partial charge in [0.2, 0.25) is 0 Å². The van der Waals surface area contributed by atoms with E-state index in [4.69, 9.17) is 5.11 Å². The minimum absolute atomic E-state index is 0.0805. The number of rotatable bonds is 5. The molecule has 0 aliphatic rings. The number of carbonyl (C=O) groups is 1. The molecule has 0 atom stereocenters. The SMILES string of the molecule is CC(C)NC(=O)N(CCO)CC(F)F. The van der Waals surface area contributed by atoms with Crippen molar-refractivity contribution < 1.29 is 18.7 Å². The minimum Gasteiger partial charge on any atom is -0.395 e. The fraction of sp³-hybridized carbons (Fsp3) is 0.875. The maximum Gasteiger partial charge on any atom is 0.317 e. The van der Waals surface area contributed by atoms with Crippen LogP contribution in [0.15, 0.2) is 0 Å². The summed E-state index contributed by atoms with van der Waals surface area (Å²) in [5, 5.41) is 11.0. The lowest BCUT2D eigenvalue weighted by Crippen LogP contribution is -2.46. The van der Waals surface area contributed by atoms with E-state index >= 15 is 0 Å². The van der Waals surface area contributed by atoms with Crippen molar-refractivity contribution in [2.45, 2.75) is 26.3 Å². The van der Waals surface area contributed by atoms with Gasteiger partial charge in [0.25, 0.3) is 6.43 Å². The van der Waals surface area contributed by atoms with Crippen LogP contribution in [0.2, 0.25) is 0 Å². The standard InChI is InChI=1S/C8H16F2N2O2/c1-6(2)11-8(14)12(3-4-13)5-7(9)10/h6-7,13H,3-5H2,1-2H3,(H,11,14). The lowest BCUT2D eigenvalue weighted by atomic mass is 10.4. The van der Waals surface area contributed by atoms with E-state index < -0.39 is 19.0 Å². The van der Waals surface area contributed by atoms with E-state index in [0.717, 1.165) is 4.90 Å². The summed E-state index contributed by atoms with van der Waals surface area (Å²) in [5.41, 5.74) is 0. The van der Waals surface area contributed by atoms with Gasteiger partial charge < -0.3 is 15.3 Å². The molecule has 2 amide bonds. The summed E-state index contributed by atoms with van der Waals surface area (Å²) in [6, 6.07) is -0.685. The molecule has 0 aromatic rings.